The summed E-state index contributed by atoms with van der Waals surface area (Å²) < 4.78 is 0. The van der Waals surface area contributed by atoms with Crippen LogP contribution in [0.15, 0.2) is 11.1 Å². The number of carbonyl (C=O) groups is 1. The molecule has 1 aromatic rings. The predicted molar refractivity (Wildman–Crippen MR) is 73.8 cm³/mol. The lowest BCUT2D eigenvalue weighted by Gasteiger charge is -2.17. The largest absolute Gasteiger partial charge is 0.397 e. The molecular weight excluding hydrogens is 236 g/mol. The molecule has 0 aliphatic carbocycles. The summed E-state index contributed by atoms with van der Waals surface area (Å²) in [5.41, 5.74) is 13.2. The second kappa shape index (κ2) is 5.01. The van der Waals surface area contributed by atoms with Gasteiger partial charge in [-0.25, -0.2) is 0 Å². The van der Waals surface area contributed by atoms with E-state index in [2.05, 4.69) is 11.7 Å². The number of nitrogen functional groups attached to an aromatic ring is 1. The highest BCUT2D eigenvalue weighted by molar-refractivity contribution is 7.18. The van der Waals surface area contributed by atoms with Gasteiger partial charge < -0.3 is 16.4 Å². The number of hydrogen-bond donors (Lipinski definition) is 2. The maximum atomic E-state index is 11.2. The number of thiophene rings is 1. The van der Waals surface area contributed by atoms with Crippen molar-refractivity contribution in [1.82, 2.24) is 4.90 Å². The third kappa shape index (κ3) is 2.31. The van der Waals surface area contributed by atoms with Crippen molar-refractivity contribution in [1.29, 1.82) is 0 Å². The Hall–Kier alpha value is -1.82. The lowest BCUT2D eigenvalue weighted by Crippen LogP contribution is -2.13. The minimum Gasteiger partial charge on any atom is -0.397 e. The second-order valence-corrected chi connectivity index (χ2v) is 4.61. The van der Waals surface area contributed by atoms with Gasteiger partial charge in [-0.2, -0.15) is 0 Å². The van der Waals surface area contributed by atoms with Crippen LogP contribution in [0.5, 0.6) is 0 Å². The fourth-order valence-electron chi connectivity index (χ4n) is 1.60. The first-order valence-electron chi connectivity index (χ1n) is 4.96. The molecule has 0 saturated heterocycles. The minimum atomic E-state index is -0.544. The highest BCUT2D eigenvalue weighted by atomic mass is 32.1. The molecule has 1 heterocycles. The van der Waals surface area contributed by atoms with E-state index in [4.69, 9.17) is 11.5 Å². The Labute approximate surface area is 104 Å². The van der Waals surface area contributed by atoms with Crippen LogP contribution < -0.4 is 11.5 Å². The van der Waals surface area contributed by atoms with E-state index in [-0.39, 0.29) is 0 Å². The van der Waals surface area contributed by atoms with Crippen molar-refractivity contribution in [2.24, 2.45) is 10.7 Å². The van der Waals surface area contributed by atoms with Crippen molar-refractivity contribution < 1.29 is 4.79 Å². The van der Waals surface area contributed by atoms with Crippen LogP contribution in [0.3, 0.4) is 0 Å². The van der Waals surface area contributed by atoms with Gasteiger partial charge in [-0.05, 0) is 13.6 Å². The average Bonchev–Trinajstić information content (AvgIpc) is 2.57. The van der Waals surface area contributed by atoms with Gasteiger partial charge in [0.2, 0.25) is 0 Å². The van der Waals surface area contributed by atoms with Crippen LogP contribution >= 0.6 is 11.3 Å². The van der Waals surface area contributed by atoms with Gasteiger partial charge in [-0.1, -0.05) is 6.08 Å². The fraction of sp³-hybridized carbons (Fsp3) is 0.273. The molecule has 6 heteroatoms. The predicted octanol–water partition coefficient (Wildman–Crippen LogP) is 1.68. The first-order valence-corrected chi connectivity index (χ1v) is 5.78. The lowest BCUT2D eigenvalue weighted by molar-refractivity contribution is 0.100. The monoisotopic (exact) mass is 252 g/mol. The molecular formula is C11H16N4OS. The maximum Gasteiger partial charge on any atom is 0.260 e. The Morgan fingerprint density at radius 1 is 1.53 bits per heavy atom. The summed E-state index contributed by atoms with van der Waals surface area (Å²) in [5.74, 6) is -0.544. The third-order valence-electron chi connectivity index (χ3n) is 2.31. The van der Waals surface area contributed by atoms with Crippen molar-refractivity contribution in [3.05, 3.63) is 16.5 Å². The number of nitrogens with zero attached hydrogens (tertiary/aromatic N) is 2. The molecule has 4 N–H and O–H groups in total. The van der Waals surface area contributed by atoms with Crippen LogP contribution in [-0.4, -0.2) is 31.6 Å². The number of primary amides is 1. The number of aliphatic imine (C=N–C) groups is 1. The first-order chi connectivity index (χ1) is 7.93. The number of hydrogen-bond acceptors (Lipinski definition) is 5. The summed E-state index contributed by atoms with van der Waals surface area (Å²) in [7, 11) is 3.78. The van der Waals surface area contributed by atoms with E-state index < -0.39 is 5.91 Å². The SMILES string of the molecule is C=Nc1sc(C(N)=O)c(N)c1/C(=C\C)N(C)C. The van der Waals surface area contributed by atoms with Gasteiger partial charge in [0.05, 0.1) is 11.3 Å². The van der Waals surface area contributed by atoms with Gasteiger partial charge in [0.15, 0.2) is 0 Å². The van der Waals surface area contributed by atoms with Crippen molar-refractivity contribution in [3.63, 3.8) is 0 Å². The van der Waals surface area contributed by atoms with Gasteiger partial charge in [-0.15, -0.1) is 11.3 Å². The molecule has 0 radical (unpaired) electrons. The lowest BCUT2D eigenvalue weighted by atomic mass is 10.1. The fourth-order valence-corrected chi connectivity index (χ4v) is 2.49. The van der Waals surface area contributed by atoms with Crippen molar-refractivity contribution in [2.45, 2.75) is 6.92 Å². The van der Waals surface area contributed by atoms with Gasteiger partial charge in [0.1, 0.15) is 9.88 Å². The number of allylic oxidation sites excluding steroid dienone is 1. The zero-order valence-electron chi connectivity index (χ0n) is 10.2. The second-order valence-electron chi connectivity index (χ2n) is 3.62. The summed E-state index contributed by atoms with van der Waals surface area (Å²) in [5, 5.41) is 0.609. The highest BCUT2D eigenvalue weighted by Gasteiger charge is 2.22. The van der Waals surface area contributed by atoms with Crippen molar-refractivity contribution in [3.8, 4) is 0 Å². The van der Waals surface area contributed by atoms with Crippen LogP contribution in [0.25, 0.3) is 5.70 Å². The van der Waals surface area contributed by atoms with E-state index in [9.17, 15) is 4.79 Å². The van der Waals surface area contributed by atoms with Crippen LogP contribution in [-0.2, 0) is 0 Å². The number of anilines is 1. The van der Waals surface area contributed by atoms with Crippen molar-refractivity contribution >= 4 is 40.3 Å². The summed E-state index contributed by atoms with van der Waals surface area (Å²) in [6, 6.07) is 0. The molecule has 0 aliphatic rings. The molecule has 5 nitrogen and oxygen atoms in total. The van der Waals surface area contributed by atoms with E-state index in [1.807, 2.05) is 32.0 Å². The van der Waals surface area contributed by atoms with Gasteiger partial charge in [0, 0.05) is 19.8 Å². The summed E-state index contributed by atoms with van der Waals surface area (Å²) in [6.45, 7) is 5.38. The summed E-state index contributed by atoms with van der Waals surface area (Å²) in [4.78, 5) is 17.4. The number of nitrogens with two attached hydrogens (primary N) is 2. The zero-order valence-corrected chi connectivity index (χ0v) is 11.0. The van der Waals surface area contributed by atoms with Crippen LogP contribution in [0.4, 0.5) is 10.7 Å². The minimum absolute atomic E-state index is 0.323. The molecule has 1 amide bonds. The Bertz CT molecular complexity index is 488. The van der Waals surface area contributed by atoms with Crippen LogP contribution in [0.1, 0.15) is 22.2 Å². The first kappa shape index (κ1) is 13.2. The number of rotatable bonds is 4. The molecule has 0 spiro atoms. The molecule has 1 aromatic heterocycles. The normalized spacial score (nSPS) is 11.4. The zero-order chi connectivity index (χ0) is 13.2. The molecule has 1 rings (SSSR count). The third-order valence-corrected chi connectivity index (χ3v) is 3.46. The molecule has 0 bridgehead atoms. The van der Waals surface area contributed by atoms with Crippen LogP contribution in [0.2, 0.25) is 0 Å². The van der Waals surface area contributed by atoms with Gasteiger partial charge in [-0.3, -0.25) is 9.79 Å². The molecule has 0 aliphatic heterocycles. The van der Waals surface area contributed by atoms with Gasteiger partial charge >= 0.3 is 0 Å². The maximum absolute atomic E-state index is 11.2. The van der Waals surface area contributed by atoms with E-state index in [1.165, 1.54) is 0 Å². The van der Waals surface area contributed by atoms with E-state index in [0.717, 1.165) is 17.0 Å². The standard InChI is InChI=1S/C11H16N4OS/c1-5-6(15(3)4)7-8(12)9(10(13)16)17-11(7)14-2/h5H,2,12H2,1,3-4H3,(H2,13,16)/b6-5+. The Morgan fingerprint density at radius 2 is 2.12 bits per heavy atom. The highest BCUT2D eigenvalue weighted by Crippen LogP contribution is 2.42. The topological polar surface area (TPSA) is 84.7 Å². The molecule has 92 valence electrons. The van der Waals surface area contributed by atoms with Crippen molar-refractivity contribution in [2.75, 3.05) is 19.8 Å². The molecule has 0 atom stereocenters. The molecule has 0 saturated carbocycles. The van der Waals surface area contributed by atoms with Gasteiger partial charge in [0.25, 0.3) is 5.91 Å². The summed E-state index contributed by atoms with van der Waals surface area (Å²) >= 11 is 1.16. The Kier molecular flexibility index (Phi) is 3.90. The molecule has 17 heavy (non-hydrogen) atoms. The smallest absolute Gasteiger partial charge is 0.260 e. The Morgan fingerprint density at radius 3 is 2.47 bits per heavy atom. The van der Waals surface area contributed by atoms with E-state index in [0.29, 0.717) is 21.1 Å². The molecule has 0 unspecified atom stereocenters. The summed E-state index contributed by atoms with van der Waals surface area (Å²) in [6.07, 6.45) is 1.90. The molecule has 0 fully saturated rings. The molecule has 0 aromatic carbocycles. The number of carbonyl (C=O) groups excluding carboxylic acids is 1. The van der Waals surface area contributed by atoms with E-state index >= 15 is 0 Å². The van der Waals surface area contributed by atoms with Crippen LogP contribution in [0, 0.1) is 0 Å². The average molecular weight is 252 g/mol. The Balaban J connectivity index is 3.51. The quantitative estimate of drug-likeness (QED) is 0.799. The van der Waals surface area contributed by atoms with E-state index in [1.54, 1.807) is 0 Å². The number of amides is 1.